The highest BCUT2D eigenvalue weighted by atomic mass is 32.1. The Morgan fingerprint density at radius 1 is 1.16 bits per heavy atom. The van der Waals surface area contributed by atoms with E-state index in [0.717, 1.165) is 11.3 Å². The van der Waals surface area contributed by atoms with Crippen LogP contribution in [0.25, 0.3) is 0 Å². The van der Waals surface area contributed by atoms with Gasteiger partial charge in [0.15, 0.2) is 0 Å². The Labute approximate surface area is 115 Å². The van der Waals surface area contributed by atoms with Crippen molar-refractivity contribution in [2.75, 3.05) is 10.6 Å². The van der Waals surface area contributed by atoms with Gasteiger partial charge < -0.3 is 5.11 Å². The number of urea groups is 1. The molecule has 3 N–H and O–H groups in total. The van der Waals surface area contributed by atoms with Crippen molar-refractivity contribution in [2.45, 2.75) is 0 Å². The van der Waals surface area contributed by atoms with E-state index in [0.29, 0.717) is 10.6 Å². The van der Waals surface area contributed by atoms with Gasteiger partial charge in [-0.3, -0.25) is 10.6 Å². The Morgan fingerprint density at radius 2 is 1.79 bits per heavy atom. The predicted octanol–water partition coefficient (Wildman–Crippen LogP) is 3.02. The highest BCUT2D eigenvalue weighted by Gasteiger charge is 2.14. The molecular formula is C11H7N3O3S2. The van der Waals surface area contributed by atoms with Crippen molar-refractivity contribution in [2.24, 2.45) is 0 Å². The lowest BCUT2D eigenvalue weighted by molar-refractivity contribution is 0.0698. The quantitative estimate of drug-likeness (QED) is 0.809. The number of carbonyl (C=O) groups excluding carboxylic acids is 1. The summed E-state index contributed by atoms with van der Waals surface area (Å²) < 4.78 is 0. The van der Waals surface area contributed by atoms with Gasteiger partial charge in [0.05, 0.1) is 11.1 Å². The zero-order valence-corrected chi connectivity index (χ0v) is 11.0. The van der Waals surface area contributed by atoms with E-state index in [2.05, 4.69) is 10.6 Å². The average Bonchev–Trinajstić information content (AvgIpc) is 2.97. The van der Waals surface area contributed by atoms with Crippen molar-refractivity contribution in [3.8, 4) is 6.07 Å². The molecule has 19 heavy (non-hydrogen) atoms. The number of rotatable bonds is 3. The first-order valence-corrected chi connectivity index (χ1v) is 6.74. The molecule has 0 saturated carbocycles. The monoisotopic (exact) mass is 293 g/mol. The number of nitrogens with one attached hydrogen (secondary N) is 2. The predicted molar refractivity (Wildman–Crippen MR) is 73.0 cm³/mol. The molecule has 0 spiro atoms. The largest absolute Gasteiger partial charge is 0.478 e. The highest BCUT2D eigenvalue weighted by molar-refractivity contribution is 7.15. The molecule has 0 unspecified atom stereocenters. The molecule has 8 heteroatoms. The topological polar surface area (TPSA) is 102 Å². The van der Waals surface area contributed by atoms with Crippen molar-refractivity contribution < 1.29 is 14.7 Å². The number of aromatic carboxylic acids is 1. The minimum Gasteiger partial charge on any atom is -0.478 e. The van der Waals surface area contributed by atoms with Crippen LogP contribution < -0.4 is 10.6 Å². The van der Waals surface area contributed by atoms with Gasteiger partial charge >= 0.3 is 12.0 Å². The first kappa shape index (κ1) is 13.1. The number of carboxylic acids is 1. The van der Waals surface area contributed by atoms with Gasteiger partial charge in [0.2, 0.25) is 0 Å². The first-order chi connectivity index (χ1) is 9.11. The number of nitrogens with zero attached hydrogens (tertiary/aromatic N) is 1. The van der Waals surface area contributed by atoms with Gasteiger partial charge in [-0.1, -0.05) is 0 Å². The van der Waals surface area contributed by atoms with E-state index in [1.54, 1.807) is 16.8 Å². The van der Waals surface area contributed by atoms with Crippen LogP contribution in [0, 0.1) is 11.3 Å². The molecule has 0 aliphatic rings. The minimum atomic E-state index is -1.11. The number of amides is 2. The van der Waals surface area contributed by atoms with Crippen LogP contribution in [0.4, 0.5) is 14.8 Å². The van der Waals surface area contributed by atoms with Gasteiger partial charge in [-0.2, -0.15) is 5.26 Å². The van der Waals surface area contributed by atoms with E-state index < -0.39 is 12.0 Å². The molecule has 0 radical (unpaired) electrons. The molecular weight excluding hydrogens is 286 g/mol. The van der Waals surface area contributed by atoms with Gasteiger partial charge in [0.25, 0.3) is 0 Å². The molecule has 0 saturated heterocycles. The zero-order valence-electron chi connectivity index (χ0n) is 9.34. The zero-order chi connectivity index (χ0) is 13.8. The summed E-state index contributed by atoms with van der Waals surface area (Å²) in [7, 11) is 0. The average molecular weight is 293 g/mol. The van der Waals surface area contributed by atoms with Crippen LogP contribution in [0.3, 0.4) is 0 Å². The highest BCUT2D eigenvalue weighted by Crippen LogP contribution is 2.25. The molecule has 0 aliphatic heterocycles. The summed E-state index contributed by atoms with van der Waals surface area (Å²) in [5.74, 6) is -1.11. The number of carboxylic acid groups (broad SMARTS) is 1. The van der Waals surface area contributed by atoms with E-state index in [9.17, 15) is 9.59 Å². The molecule has 2 heterocycles. The number of hydrogen-bond donors (Lipinski definition) is 3. The fourth-order valence-corrected chi connectivity index (χ4v) is 2.81. The number of hydrogen-bond acceptors (Lipinski definition) is 5. The molecule has 6 nitrogen and oxygen atoms in total. The summed E-state index contributed by atoms with van der Waals surface area (Å²) in [5, 5.41) is 26.6. The second kappa shape index (κ2) is 5.51. The van der Waals surface area contributed by atoms with Gasteiger partial charge in [0.1, 0.15) is 16.1 Å². The van der Waals surface area contributed by atoms with E-state index >= 15 is 0 Å². The summed E-state index contributed by atoms with van der Waals surface area (Å²) in [5.41, 5.74) is 0.400. The maximum atomic E-state index is 11.7. The Morgan fingerprint density at radius 3 is 2.47 bits per heavy atom. The third-order valence-electron chi connectivity index (χ3n) is 2.14. The molecule has 0 fully saturated rings. The summed E-state index contributed by atoms with van der Waals surface area (Å²) in [6, 6.07) is 4.37. The third-order valence-corrected chi connectivity index (χ3v) is 3.80. The number of anilines is 2. The van der Waals surface area contributed by atoms with Gasteiger partial charge in [0, 0.05) is 0 Å². The lowest BCUT2D eigenvalue weighted by Gasteiger charge is -2.05. The number of carbonyl (C=O) groups is 2. The SMILES string of the molecule is N#Cc1ccsc1NC(=O)Nc1sccc1C(=O)O. The molecule has 0 atom stereocenters. The molecule has 96 valence electrons. The van der Waals surface area contributed by atoms with Crippen LogP contribution in [0.2, 0.25) is 0 Å². The van der Waals surface area contributed by atoms with Gasteiger partial charge in [-0.15, -0.1) is 22.7 Å². The molecule has 0 bridgehead atoms. The first-order valence-electron chi connectivity index (χ1n) is 4.98. The lowest BCUT2D eigenvalue weighted by Crippen LogP contribution is -2.19. The third kappa shape index (κ3) is 2.90. The van der Waals surface area contributed by atoms with Crippen molar-refractivity contribution in [1.82, 2.24) is 0 Å². The van der Waals surface area contributed by atoms with Crippen LogP contribution in [0.15, 0.2) is 22.9 Å². The van der Waals surface area contributed by atoms with Crippen molar-refractivity contribution in [3.63, 3.8) is 0 Å². The van der Waals surface area contributed by atoms with Crippen LogP contribution in [0.1, 0.15) is 15.9 Å². The van der Waals surface area contributed by atoms with Gasteiger partial charge in [-0.05, 0) is 22.9 Å². The Bertz CT molecular complexity index is 669. The summed E-state index contributed by atoms with van der Waals surface area (Å²) in [4.78, 5) is 22.6. The van der Waals surface area contributed by atoms with Crippen molar-refractivity contribution in [3.05, 3.63) is 34.0 Å². The van der Waals surface area contributed by atoms with Crippen molar-refractivity contribution in [1.29, 1.82) is 5.26 Å². The Kier molecular flexibility index (Phi) is 3.79. The maximum absolute atomic E-state index is 11.7. The van der Waals surface area contributed by atoms with E-state index in [-0.39, 0.29) is 10.6 Å². The molecule has 0 aromatic carbocycles. The smallest absolute Gasteiger partial charge is 0.338 e. The van der Waals surface area contributed by atoms with Crippen LogP contribution >= 0.6 is 22.7 Å². The Balaban J connectivity index is 2.08. The normalized spacial score (nSPS) is 9.63. The Hall–Kier alpha value is -2.37. The molecule has 2 aromatic rings. The fourth-order valence-electron chi connectivity index (χ4n) is 1.31. The molecule has 2 aromatic heterocycles. The second-order valence-electron chi connectivity index (χ2n) is 3.32. The fraction of sp³-hybridized carbons (Fsp3) is 0. The minimum absolute atomic E-state index is 0.0341. The number of thiophene rings is 2. The number of nitriles is 1. The summed E-state index contributed by atoms with van der Waals surface area (Å²) in [6.45, 7) is 0. The van der Waals surface area contributed by atoms with E-state index in [1.165, 1.54) is 17.4 Å². The van der Waals surface area contributed by atoms with Crippen LogP contribution in [-0.4, -0.2) is 17.1 Å². The molecule has 2 amide bonds. The lowest BCUT2D eigenvalue weighted by atomic mass is 10.3. The summed E-state index contributed by atoms with van der Waals surface area (Å²) >= 11 is 2.33. The molecule has 2 rings (SSSR count). The summed E-state index contributed by atoms with van der Waals surface area (Å²) in [6.07, 6.45) is 0. The maximum Gasteiger partial charge on any atom is 0.338 e. The second-order valence-corrected chi connectivity index (χ2v) is 5.16. The van der Waals surface area contributed by atoms with Crippen LogP contribution in [-0.2, 0) is 0 Å². The van der Waals surface area contributed by atoms with Gasteiger partial charge in [-0.25, -0.2) is 9.59 Å². The van der Waals surface area contributed by atoms with Crippen LogP contribution in [0.5, 0.6) is 0 Å². The standard InChI is InChI=1S/C11H7N3O3S2/c12-5-6-1-3-18-8(6)13-11(17)14-9-7(10(15)16)2-4-19-9/h1-4H,(H,15,16)(H2,13,14,17). The van der Waals surface area contributed by atoms with Crippen molar-refractivity contribution >= 4 is 44.7 Å². The molecule has 0 aliphatic carbocycles. The van der Waals surface area contributed by atoms with E-state index in [1.807, 2.05) is 6.07 Å². The van der Waals surface area contributed by atoms with E-state index in [4.69, 9.17) is 10.4 Å².